The fraction of sp³-hybridized carbons (Fsp3) is 0.333. The molecule has 7 nitrogen and oxygen atoms in total. The van der Waals surface area contributed by atoms with Crippen LogP contribution in [0, 0.1) is 10.1 Å². The number of aromatic nitrogens is 1. The van der Waals surface area contributed by atoms with E-state index in [2.05, 4.69) is 14.5 Å². The fourth-order valence-corrected chi connectivity index (χ4v) is 1.32. The topological polar surface area (TPSA) is 91.6 Å². The lowest BCUT2D eigenvalue weighted by atomic mass is 10.1. The zero-order valence-corrected chi connectivity index (χ0v) is 9.35. The van der Waals surface area contributed by atoms with Crippen molar-refractivity contribution >= 4 is 11.7 Å². The average molecular weight is 262 g/mol. The highest BCUT2D eigenvalue weighted by Gasteiger charge is 2.34. The summed E-state index contributed by atoms with van der Waals surface area (Å²) in [6, 6.07) is 0. The molecule has 0 fully saturated rings. The minimum atomic E-state index is -3.24. The Morgan fingerprint density at radius 2 is 2.11 bits per heavy atom. The van der Waals surface area contributed by atoms with E-state index >= 15 is 0 Å². The standard InChI is InChI=1S/C9H8F2N2O5/c1-17-8-6(13(15)16)5(7(10)11)4(3-12-8)9(14)18-2/h3,7H,1-2H3. The quantitative estimate of drug-likeness (QED) is 0.466. The lowest BCUT2D eigenvalue weighted by Gasteiger charge is -2.09. The number of carbonyl (C=O) groups is 1. The normalized spacial score (nSPS) is 10.3. The van der Waals surface area contributed by atoms with Gasteiger partial charge in [0, 0.05) is 6.20 Å². The third-order valence-corrected chi connectivity index (χ3v) is 2.06. The summed E-state index contributed by atoms with van der Waals surface area (Å²) in [4.78, 5) is 24.4. The molecule has 0 saturated heterocycles. The Bertz CT molecular complexity index is 492. The number of pyridine rings is 1. The van der Waals surface area contributed by atoms with Gasteiger partial charge < -0.3 is 9.47 Å². The molecule has 1 aromatic heterocycles. The van der Waals surface area contributed by atoms with Crippen LogP contribution in [0.2, 0.25) is 0 Å². The van der Waals surface area contributed by atoms with Crippen LogP contribution >= 0.6 is 0 Å². The van der Waals surface area contributed by atoms with E-state index in [1.807, 2.05) is 0 Å². The molecule has 0 amide bonds. The van der Waals surface area contributed by atoms with Crippen LogP contribution in [-0.4, -0.2) is 30.1 Å². The van der Waals surface area contributed by atoms with Crippen molar-refractivity contribution < 1.29 is 28.0 Å². The molecule has 0 atom stereocenters. The maximum absolute atomic E-state index is 12.9. The Labute approximate surface area is 99.5 Å². The van der Waals surface area contributed by atoms with Gasteiger partial charge in [0.25, 0.3) is 12.3 Å². The van der Waals surface area contributed by atoms with E-state index in [0.717, 1.165) is 20.4 Å². The second-order valence-corrected chi connectivity index (χ2v) is 2.99. The molecule has 0 aliphatic carbocycles. The Morgan fingerprint density at radius 3 is 2.50 bits per heavy atom. The van der Waals surface area contributed by atoms with Gasteiger partial charge in [-0.25, -0.2) is 18.6 Å². The van der Waals surface area contributed by atoms with Crippen LogP contribution in [-0.2, 0) is 4.74 Å². The molecule has 0 radical (unpaired) electrons. The smallest absolute Gasteiger partial charge is 0.340 e. The number of hydrogen-bond donors (Lipinski definition) is 0. The summed E-state index contributed by atoms with van der Waals surface area (Å²) in [5, 5.41) is 10.8. The molecular formula is C9H8F2N2O5. The van der Waals surface area contributed by atoms with E-state index in [1.165, 1.54) is 0 Å². The van der Waals surface area contributed by atoms with Gasteiger partial charge in [0.05, 0.1) is 24.7 Å². The molecule has 98 valence electrons. The van der Waals surface area contributed by atoms with Crippen molar-refractivity contribution in [3.05, 3.63) is 27.4 Å². The van der Waals surface area contributed by atoms with E-state index in [1.54, 1.807) is 0 Å². The molecule has 1 rings (SSSR count). The second kappa shape index (κ2) is 5.34. The molecule has 18 heavy (non-hydrogen) atoms. The van der Waals surface area contributed by atoms with Gasteiger partial charge >= 0.3 is 11.7 Å². The third-order valence-electron chi connectivity index (χ3n) is 2.06. The van der Waals surface area contributed by atoms with Gasteiger partial charge in [-0.15, -0.1) is 0 Å². The number of nitrogens with zero attached hydrogens (tertiary/aromatic N) is 2. The molecule has 1 heterocycles. The van der Waals surface area contributed by atoms with E-state index in [0.29, 0.717) is 0 Å². The lowest BCUT2D eigenvalue weighted by molar-refractivity contribution is -0.387. The van der Waals surface area contributed by atoms with E-state index in [-0.39, 0.29) is 0 Å². The highest BCUT2D eigenvalue weighted by atomic mass is 19.3. The zero-order valence-electron chi connectivity index (χ0n) is 9.35. The third kappa shape index (κ3) is 2.34. The summed E-state index contributed by atoms with van der Waals surface area (Å²) in [6.45, 7) is 0. The second-order valence-electron chi connectivity index (χ2n) is 2.99. The molecule has 0 aliphatic rings. The molecule has 0 saturated carbocycles. The number of carbonyl (C=O) groups excluding carboxylic acids is 1. The zero-order chi connectivity index (χ0) is 13.9. The van der Waals surface area contributed by atoms with Crippen molar-refractivity contribution in [2.45, 2.75) is 6.43 Å². The van der Waals surface area contributed by atoms with Crippen molar-refractivity contribution in [2.24, 2.45) is 0 Å². The number of ether oxygens (including phenoxy) is 2. The molecule has 0 unspecified atom stereocenters. The Morgan fingerprint density at radius 1 is 1.50 bits per heavy atom. The van der Waals surface area contributed by atoms with Crippen LogP contribution in [0.15, 0.2) is 6.20 Å². The summed E-state index contributed by atoms with van der Waals surface area (Å²) in [5.74, 6) is -1.73. The summed E-state index contributed by atoms with van der Waals surface area (Å²) in [6.07, 6.45) is -2.49. The molecule has 0 N–H and O–H groups in total. The van der Waals surface area contributed by atoms with Gasteiger partial charge in [-0.2, -0.15) is 0 Å². The molecule has 0 bridgehead atoms. The Hall–Kier alpha value is -2.32. The van der Waals surface area contributed by atoms with Crippen LogP contribution in [0.25, 0.3) is 0 Å². The first-order valence-electron chi connectivity index (χ1n) is 4.51. The fourth-order valence-electron chi connectivity index (χ4n) is 1.32. The van der Waals surface area contributed by atoms with Gasteiger partial charge in [0.1, 0.15) is 5.56 Å². The maximum atomic E-state index is 12.9. The first kappa shape index (κ1) is 13.7. The summed E-state index contributed by atoms with van der Waals surface area (Å²) in [5.41, 5.74) is -2.78. The first-order chi connectivity index (χ1) is 8.43. The minimum absolute atomic E-state index is 0.594. The largest absolute Gasteiger partial charge is 0.476 e. The first-order valence-corrected chi connectivity index (χ1v) is 4.51. The van der Waals surface area contributed by atoms with Crippen molar-refractivity contribution in [3.8, 4) is 5.88 Å². The number of hydrogen-bond acceptors (Lipinski definition) is 6. The van der Waals surface area contributed by atoms with Gasteiger partial charge in [0.15, 0.2) is 0 Å². The predicted molar refractivity (Wildman–Crippen MR) is 53.7 cm³/mol. The van der Waals surface area contributed by atoms with E-state index < -0.39 is 40.0 Å². The van der Waals surface area contributed by atoms with Gasteiger partial charge in [-0.1, -0.05) is 0 Å². The average Bonchev–Trinajstić information content (AvgIpc) is 2.35. The van der Waals surface area contributed by atoms with Crippen molar-refractivity contribution in [3.63, 3.8) is 0 Å². The monoisotopic (exact) mass is 262 g/mol. The molecule has 1 aromatic rings. The Kier molecular flexibility index (Phi) is 4.08. The maximum Gasteiger partial charge on any atom is 0.340 e. The van der Waals surface area contributed by atoms with E-state index in [4.69, 9.17) is 0 Å². The van der Waals surface area contributed by atoms with Crippen molar-refractivity contribution in [2.75, 3.05) is 14.2 Å². The molecule has 9 heteroatoms. The number of esters is 1. The SMILES string of the molecule is COC(=O)c1cnc(OC)c([N+](=O)[O-])c1C(F)F. The number of alkyl halides is 2. The number of nitro groups is 1. The lowest BCUT2D eigenvalue weighted by Crippen LogP contribution is -2.11. The van der Waals surface area contributed by atoms with Crippen LogP contribution in [0.3, 0.4) is 0 Å². The van der Waals surface area contributed by atoms with Crippen LogP contribution in [0.5, 0.6) is 5.88 Å². The number of rotatable bonds is 4. The van der Waals surface area contributed by atoms with E-state index in [9.17, 15) is 23.7 Å². The van der Waals surface area contributed by atoms with Gasteiger partial charge in [-0.3, -0.25) is 10.1 Å². The number of halogens is 2. The Balaban J connectivity index is 3.62. The molecule has 0 spiro atoms. The summed E-state index contributed by atoms with van der Waals surface area (Å²) < 4.78 is 34.5. The van der Waals surface area contributed by atoms with Crippen LogP contribution in [0.1, 0.15) is 22.3 Å². The molecule has 0 aromatic carbocycles. The van der Waals surface area contributed by atoms with Crippen molar-refractivity contribution in [1.29, 1.82) is 0 Å². The highest BCUT2D eigenvalue weighted by Crippen LogP contribution is 2.37. The molecular weight excluding hydrogens is 254 g/mol. The van der Waals surface area contributed by atoms with Gasteiger partial charge in [-0.05, 0) is 0 Å². The summed E-state index contributed by atoms with van der Waals surface area (Å²) in [7, 11) is 2.01. The van der Waals surface area contributed by atoms with Crippen LogP contribution in [0.4, 0.5) is 14.5 Å². The predicted octanol–water partition coefficient (Wildman–Crippen LogP) is 1.72. The molecule has 0 aliphatic heterocycles. The van der Waals surface area contributed by atoms with Gasteiger partial charge in [0.2, 0.25) is 0 Å². The minimum Gasteiger partial charge on any atom is -0.476 e. The number of methoxy groups -OCH3 is 2. The summed E-state index contributed by atoms with van der Waals surface area (Å²) >= 11 is 0. The van der Waals surface area contributed by atoms with Crippen molar-refractivity contribution in [1.82, 2.24) is 4.98 Å². The highest BCUT2D eigenvalue weighted by molar-refractivity contribution is 5.92. The van der Waals surface area contributed by atoms with Crippen LogP contribution < -0.4 is 4.74 Å².